The van der Waals surface area contributed by atoms with Gasteiger partial charge in [-0.25, -0.2) is 9.36 Å². The first-order valence-corrected chi connectivity index (χ1v) is 9.46. The minimum absolute atomic E-state index is 0. The van der Waals surface area contributed by atoms with Crippen molar-refractivity contribution in [3.63, 3.8) is 0 Å². The summed E-state index contributed by atoms with van der Waals surface area (Å²) in [4.78, 5) is 25.5. The maximum atomic E-state index is 12.9. The van der Waals surface area contributed by atoms with Gasteiger partial charge in [0.2, 0.25) is 12.1 Å². The normalized spacial score (nSPS) is 11.3. The summed E-state index contributed by atoms with van der Waals surface area (Å²) in [6.45, 7) is 9.35. The van der Waals surface area contributed by atoms with Gasteiger partial charge in [0, 0.05) is 5.56 Å². The van der Waals surface area contributed by atoms with Gasteiger partial charge in [0.15, 0.2) is 6.54 Å². The molecule has 0 saturated carbocycles. The third-order valence-electron chi connectivity index (χ3n) is 4.83. The van der Waals surface area contributed by atoms with Gasteiger partial charge >= 0.3 is 5.56 Å². The van der Waals surface area contributed by atoms with Crippen LogP contribution < -0.4 is 27.1 Å². The zero-order chi connectivity index (χ0) is 19.6. The summed E-state index contributed by atoms with van der Waals surface area (Å²) in [6.07, 6.45) is 2.63. The van der Waals surface area contributed by atoms with Gasteiger partial charge in [-0.1, -0.05) is 64.1 Å². The Morgan fingerprint density at radius 3 is 2.29 bits per heavy atom. The Bertz CT molecular complexity index is 1030. The molecular formula is C23H27BrN2O2. The third-order valence-corrected chi connectivity index (χ3v) is 4.83. The van der Waals surface area contributed by atoms with E-state index in [-0.39, 0.29) is 40.3 Å². The van der Waals surface area contributed by atoms with Gasteiger partial charge in [0.1, 0.15) is 10.9 Å². The molecule has 148 valence electrons. The molecule has 4 nitrogen and oxygen atoms in total. The molecule has 28 heavy (non-hydrogen) atoms. The van der Waals surface area contributed by atoms with Crippen LogP contribution in [0.3, 0.4) is 0 Å². The number of hydrogen-bond acceptors (Lipinski definition) is 2. The summed E-state index contributed by atoms with van der Waals surface area (Å²) < 4.78 is 3.57. The predicted molar refractivity (Wildman–Crippen MR) is 108 cm³/mol. The molecule has 0 spiro atoms. The number of nitrogens with zero attached hydrogens (tertiary/aromatic N) is 2. The summed E-state index contributed by atoms with van der Waals surface area (Å²) >= 11 is 0. The molecule has 0 aliphatic heterocycles. The predicted octanol–water partition coefficient (Wildman–Crippen LogP) is 0.883. The van der Waals surface area contributed by atoms with Gasteiger partial charge in [-0.2, -0.15) is 4.57 Å². The third kappa shape index (κ3) is 4.58. The zero-order valence-electron chi connectivity index (χ0n) is 16.9. The summed E-state index contributed by atoms with van der Waals surface area (Å²) in [5.74, 6) is 0.0345. The molecule has 0 bridgehead atoms. The second-order valence-electron chi connectivity index (χ2n) is 8.01. The maximum Gasteiger partial charge on any atom is 0.345 e. The van der Waals surface area contributed by atoms with Crippen LogP contribution in [-0.4, -0.2) is 10.4 Å². The average Bonchev–Trinajstić information content (AvgIpc) is 2.65. The molecule has 3 aromatic rings. The molecule has 0 aliphatic carbocycles. The van der Waals surface area contributed by atoms with Crippen molar-refractivity contribution in [2.45, 2.75) is 52.6 Å². The molecule has 0 aliphatic rings. The SMILES string of the molecule is CCCn1c[n+](CC(=O)c2ccc(C(C)(C)C)cc2)c2ccccc2c1=O.[Br-]. The highest BCUT2D eigenvalue weighted by atomic mass is 79.9. The smallest absolute Gasteiger partial charge is 0.345 e. The van der Waals surface area contributed by atoms with Crippen LogP contribution in [0.4, 0.5) is 0 Å². The van der Waals surface area contributed by atoms with Gasteiger partial charge in [0.05, 0.1) is 6.54 Å². The molecule has 1 aromatic heterocycles. The van der Waals surface area contributed by atoms with E-state index in [9.17, 15) is 9.59 Å². The van der Waals surface area contributed by atoms with Crippen molar-refractivity contribution < 1.29 is 26.3 Å². The highest BCUT2D eigenvalue weighted by molar-refractivity contribution is 5.95. The molecule has 0 unspecified atom stereocenters. The first-order chi connectivity index (χ1) is 12.8. The fourth-order valence-corrected chi connectivity index (χ4v) is 3.27. The van der Waals surface area contributed by atoms with Crippen molar-refractivity contribution in [3.05, 3.63) is 76.3 Å². The van der Waals surface area contributed by atoms with Crippen LogP contribution in [0.25, 0.3) is 10.9 Å². The molecule has 2 aromatic carbocycles. The van der Waals surface area contributed by atoms with Crippen molar-refractivity contribution in [2.24, 2.45) is 0 Å². The monoisotopic (exact) mass is 442 g/mol. The lowest BCUT2D eigenvalue weighted by Crippen LogP contribution is -3.00. The molecule has 1 heterocycles. The lowest BCUT2D eigenvalue weighted by atomic mass is 9.86. The Morgan fingerprint density at radius 2 is 1.68 bits per heavy atom. The molecule has 0 atom stereocenters. The molecule has 3 rings (SSSR count). The number of para-hydroxylation sites is 1. The molecule has 0 radical (unpaired) electrons. The van der Waals surface area contributed by atoms with Gasteiger partial charge in [-0.05, 0) is 29.5 Å². The summed E-state index contributed by atoms with van der Waals surface area (Å²) in [7, 11) is 0. The largest absolute Gasteiger partial charge is 1.00 e. The van der Waals surface area contributed by atoms with E-state index in [2.05, 4.69) is 20.8 Å². The molecular weight excluding hydrogens is 416 g/mol. The van der Waals surface area contributed by atoms with E-state index < -0.39 is 0 Å². The molecule has 0 N–H and O–H groups in total. The lowest BCUT2D eigenvalue weighted by molar-refractivity contribution is -0.661. The van der Waals surface area contributed by atoms with Crippen LogP contribution in [0.5, 0.6) is 0 Å². The Kier molecular flexibility index (Phi) is 6.94. The van der Waals surface area contributed by atoms with Crippen LogP contribution in [0.2, 0.25) is 0 Å². The number of fused-ring (bicyclic) bond motifs is 1. The first kappa shape index (κ1) is 22.0. The van der Waals surface area contributed by atoms with Crippen molar-refractivity contribution in [3.8, 4) is 0 Å². The van der Waals surface area contributed by atoms with E-state index >= 15 is 0 Å². The van der Waals surface area contributed by atoms with Crippen molar-refractivity contribution in [1.29, 1.82) is 0 Å². The average molecular weight is 443 g/mol. The van der Waals surface area contributed by atoms with Crippen LogP contribution in [-0.2, 0) is 18.5 Å². The summed E-state index contributed by atoms with van der Waals surface area (Å²) in [5, 5.41) is 0.643. The van der Waals surface area contributed by atoms with Crippen LogP contribution in [0, 0.1) is 0 Å². The van der Waals surface area contributed by atoms with Gasteiger partial charge in [0.25, 0.3) is 0 Å². The van der Waals surface area contributed by atoms with Gasteiger partial charge in [-0.15, -0.1) is 0 Å². The number of rotatable bonds is 5. The number of ketones is 1. The minimum atomic E-state index is -0.00863. The van der Waals surface area contributed by atoms with Crippen molar-refractivity contribution >= 4 is 16.7 Å². The quantitative estimate of drug-likeness (QED) is 0.434. The molecule has 5 heteroatoms. The van der Waals surface area contributed by atoms with Crippen LogP contribution >= 0.6 is 0 Å². The highest BCUT2D eigenvalue weighted by Crippen LogP contribution is 2.22. The van der Waals surface area contributed by atoms with E-state index in [1.807, 2.05) is 60.0 Å². The minimum Gasteiger partial charge on any atom is -1.00 e. The fraction of sp³-hybridized carbons (Fsp3) is 0.348. The summed E-state index contributed by atoms with van der Waals surface area (Å²) in [6, 6.07) is 15.3. The molecule has 0 amide bonds. The second kappa shape index (κ2) is 8.82. The number of aryl methyl sites for hydroxylation is 1. The Labute approximate surface area is 176 Å². The summed E-state index contributed by atoms with van der Waals surface area (Å²) in [5.41, 5.74) is 2.73. The van der Waals surface area contributed by atoms with E-state index in [0.29, 0.717) is 17.5 Å². The number of aromatic nitrogens is 2. The van der Waals surface area contributed by atoms with E-state index in [1.54, 1.807) is 10.9 Å². The Balaban J connectivity index is 0.00000280. The van der Waals surface area contributed by atoms with E-state index in [1.165, 1.54) is 5.56 Å². The number of carbonyl (C=O) groups is 1. The van der Waals surface area contributed by atoms with Crippen LogP contribution in [0.15, 0.2) is 59.7 Å². The Hall–Kier alpha value is -2.27. The number of hydrogen-bond donors (Lipinski definition) is 0. The number of Topliss-reactive ketones (excluding diaryl/α,β-unsaturated/α-hetero) is 1. The van der Waals surface area contributed by atoms with Crippen molar-refractivity contribution in [2.75, 3.05) is 0 Å². The number of benzene rings is 2. The zero-order valence-corrected chi connectivity index (χ0v) is 18.5. The van der Waals surface area contributed by atoms with E-state index in [4.69, 9.17) is 0 Å². The van der Waals surface area contributed by atoms with Gasteiger partial charge in [-0.3, -0.25) is 4.79 Å². The van der Waals surface area contributed by atoms with Crippen LogP contribution in [0.1, 0.15) is 50.0 Å². The molecule has 0 fully saturated rings. The fourth-order valence-electron chi connectivity index (χ4n) is 3.27. The first-order valence-electron chi connectivity index (χ1n) is 9.46. The number of halogens is 1. The van der Waals surface area contributed by atoms with Crippen molar-refractivity contribution in [1.82, 2.24) is 4.57 Å². The highest BCUT2D eigenvalue weighted by Gasteiger charge is 2.19. The standard InChI is InChI=1S/C23H27N2O2.BrH/c1-5-14-24-16-25(20-9-7-6-8-19(20)22(24)27)15-21(26)17-10-12-18(13-11-17)23(2,3)4;/h6-13,16H,5,14-15H2,1-4H3;1H/q+1;/p-1. The lowest BCUT2D eigenvalue weighted by Gasteiger charge is -2.18. The maximum absolute atomic E-state index is 12.9. The number of carbonyl (C=O) groups excluding carboxylic acids is 1. The Morgan fingerprint density at radius 1 is 1.04 bits per heavy atom. The second-order valence-corrected chi connectivity index (χ2v) is 8.01. The topological polar surface area (TPSA) is 43.0 Å². The molecule has 0 saturated heterocycles. The van der Waals surface area contributed by atoms with E-state index in [0.717, 1.165) is 11.9 Å². The van der Waals surface area contributed by atoms with Gasteiger partial charge < -0.3 is 17.0 Å².